The molecule has 0 unspecified atom stereocenters. The third-order valence-electron chi connectivity index (χ3n) is 6.55. The number of ether oxygens (including phenoxy) is 3. The molecule has 4 rings (SSSR count). The second kappa shape index (κ2) is 10.7. The Balaban J connectivity index is 1.76. The third kappa shape index (κ3) is 5.01. The number of hydrogen-bond acceptors (Lipinski definition) is 6. The molecule has 0 bridgehead atoms. The van der Waals surface area contributed by atoms with Gasteiger partial charge in [0.2, 0.25) is 0 Å². The van der Waals surface area contributed by atoms with E-state index in [0.29, 0.717) is 42.1 Å². The second-order valence-electron chi connectivity index (χ2n) is 8.82. The highest BCUT2D eigenvalue weighted by molar-refractivity contribution is 9.10. The van der Waals surface area contributed by atoms with E-state index in [1.165, 1.54) is 0 Å². The zero-order valence-electron chi connectivity index (χ0n) is 20.4. The summed E-state index contributed by atoms with van der Waals surface area (Å²) >= 11 is 3.54. The van der Waals surface area contributed by atoms with Crippen LogP contribution < -0.4 is 14.8 Å². The van der Waals surface area contributed by atoms with E-state index in [-0.39, 0.29) is 17.7 Å². The zero-order valence-corrected chi connectivity index (χ0v) is 22.0. The zero-order chi connectivity index (χ0) is 25.1. The number of ketones is 1. The summed E-state index contributed by atoms with van der Waals surface area (Å²) in [5.74, 6) is 0.431. The Kier molecular flexibility index (Phi) is 7.65. The molecule has 0 spiro atoms. The van der Waals surface area contributed by atoms with Gasteiger partial charge in [0, 0.05) is 33.8 Å². The molecule has 1 heterocycles. The van der Waals surface area contributed by atoms with Gasteiger partial charge in [-0.25, -0.2) is 4.79 Å². The van der Waals surface area contributed by atoms with Crippen LogP contribution in [0.3, 0.4) is 0 Å². The molecule has 0 fully saturated rings. The van der Waals surface area contributed by atoms with Crippen LogP contribution in [-0.4, -0.2) is 32.6 Å². The first-order valence-electron chi connectivity index (χ1n) is 11.8. The SMILES string of the molecule is CCCOC(=O)C1=C(C)NC2=C(C(=O)C[C@H](c3ccc(OC)c(OC)c3)C2)[C@@H]1c1cccc(Br)c1. The summed E-state index contributed by atoms with van der Waals surface area (Å²) in [4.78, 5) is 26.8. The van der Waals surface area contributed by atoms with E-state index in [9.17, 15) is 9.59 Å². The molecule has 0 saturated heterocycles. The number of esters is 1. The maximum absolute atomic E-state index is 13.7. The maximum Gasteiger partial charge on any atom is 0.336 e. The van der Waals surface area contributed by atoms with Crippen molar-refractivity contribution in [3.8, 4) is 11.5 Å². The molecule has 2 aromatic rings. The summed E-state index contributed by atoms with van der Waals surface area (Å²) in [7, 11) is 3.21. The summed E-state index contributed by atoms with van der Waals surface area (Å²) in [6.07, 6.45) is 1.72. The number of rotatable bonds is 7. The van der Waals surface area contributed by atoms with E-state index in [4.69, 9.17) is 14.2 Å². The van der Waals surface area contributed by atoms with E-state index in [1.807, 2.05) is 56.3 Å². The lowest BCUT2D eigenvalue weighted by Crippen LogP contribution is -2.36. The highest BCUT2D eigenvalue weighted by atomic mass is 79.9. The fourth-order valence-electron chi connectivity index (χ4n) is 4.94. The lowest BCUT2D eigenvalue weighted by atomic mass is 9.71. The molecule has 7 heteroatoms. The lowest BCUT2D eigenvalue weighted by molar-refractivity contribution is -0.139. The number of allylic oxidation sites excluding steroid dienone is 3. The molecule has 0 saturated carbocycles. The van der Waals surface area contributed by atoms with Crippen LogP contribution in [0.2, 0.25) is 0 Å². The van der Waals surface area contributed by atoms with E-state index in [1.54, 1.807) is 14.2 Å². The van der Waals surface area contributed by atoms with Crippen molar-refractivity contribution < 1.29 is 23.8 Å². The van der Waals surface area contributed by atoms with Crippen LogP contribution in [0.15, 0.2) is 69.5 Å². The standard InChI is InChI=1S/C28H30BrNO5/c1-5-11-35-28(32)25-16(2)30-21-13-19(17-9-10-23(33-3)24(15-17)34-4)14-22(31)27(21)26(25)18-7-6-8-20(29)12-18/h6-10,12,15,19,26,30H,5,11,13-14H2,1-4H3/t19-,26-/m1/s1. The van der Waals surface area contributed by atoms with Crippen LogP contribution in [0.25, 0.3) is 0 Å². The molecule has 1 N–H and O–H groups in total. The van der Waals surface area contributed by atoms with E-state index >= 15 is 0 Å². The van der Waals surface area contributed by atoms with Crippen molar-refractivity contribution >= 4 is 27.7 Å². The van der Waals surface area contributed by atoms with Crippen molar-refractivity contribution in [2.75, 3.05) is 20.8 Å². The van der Waals surface area contributed by atoms with Crippen LogP contribution in [-0.2, 0) is 14.3 Å². The van der Waals surface area contributed by atoms with Crippen molar-refractivity contribution in [2.45, 2.75) is 44.9 Å². The van der Waals surface area contributed by atoms with Crippen LogP contribution in [0, 0.1) is 0 Å². The molecule has 35 heavy (non-hydrogen) atoms. The van der Waals surface area contributed by atoms with Gasteiger partial charge in [-0.1, -0.05) is 41.1 Å². The molecule has 1 aliphatic carbocycles. The summed E-state index contributed by atoms with van der Waals surface area (Å²) in [6.45, 7) is 4.17. The van der Waals surface area contributed by atoms with E-state index < -0.39 is 5.92 Å². The van der Waals surface area contributed by atoms with Gasteiger partial charge in [0.25, 0.3) is 0 Å². The fourth-order valence-corrected chi connectivity index (χ4v) is 5.36. The molecule has 2 atom stereocenters. The average Bonchev–Trinajstić information content (AvgIpc) is 2.85. The Morgan fingerprint density at radius 3 is 2.51 bits per heavy atom. The van der Waals surface area contributed by atoms with Gasteiger partial charge < -0.3 is 19.5 Å². The van der Waals surface area contributed by atoms with Crippen LogP contribution >= 0.6 is 15.9 Å². The van der Waals surface area contributed by atoms with Crippen molar-refractivity contribution in [3.05, 3.63) is 80.6 Å². The topological polar surface area (TPSA) is 73.9 Å². The third-order valence-corrected chi connectivity index (χ3v) is 7.04. The van der Waals surface area contributed by atoms with Gasteiger partial charge >= 0.3 is 5.97 Å². The Morgan fingerprint density at radius 1 is 1.06 bits per heavy atom. The van der Waals surface area contributed by atoms with Crippen LogP contribution in [0.5, 0.6) is 11.5 Å². The second-order valence-corrected chi connectivity index (χ2v) is 9.74. The molecule has 184 valence electrons. The van der Waals surface area contributed by atoms with E-state index in [2.05, 4.69) is 21.2 Å². The largest absolute Gasteiger partial charge is 0.493 e. The van der Waals surface area contributed by atoms with Gasteiger partial charge in [0.15, 0.2) is 17.3 Å². The molecular formula is C28H30BrNO5. The minimum absolute atomic E-state index is 0.0156. The van der Waals surface area contributed by atoms with Gasteiger partial charge in [-0.05, 0) is 61.1 Å². The number of nitrogens with one attached hydrogen (secondary N) is 1. The molecular weight excluding hydrogens is 510 g/mol. The number of carbonyl (C=O) groups excluding carboxylic acids is 2. The Morgan fingerprint density at radius 2 is 1.83 bits per heavy atom. The first kappa shape index (κ1) is 25.0. The number of hydrogen-bond donors (Lipinski definition) is 1. The van der Waals surface area contributed by atoms with Gasteiger partial charge in [0.1, 0.15) is 0 Å². The van der Waals surface area contributed by atoms with Gasteiger partial charge in [-0.2, -0.15) is 0 Å². The van der Waals surface area contributed by atoms with Crippen molar-refractivity contribution in [1.29, 1.82) is 0 Å². The maximum atomic E-state index is 13.7. The number of methoxy groups -OCH3 is 2. The lowest BCUT2D eigenvalue weighted by Gasteiger charge is -2.36. The fraction of sp³-hybridized carbons (Fsp3) is 0.357. The Labute approximate surface area is 214 Å². The molecule has 2 aliphatic rings. The summed E-state index contributed by atoms with van der Waals surface area (Å²) in [6, 6.07) is 13.6. The highest BCUT2D eigenvalue weighted by Crippen LogP contribution is 2.46. The monoisotopic (exact) mass is 539 g/mol. The molecule has 0 radical (unpaired) electrons. The van der Waals surface area contributed by atoms with Crippen molar-refractivity contribution in [1.82, 2.24) is 5.32 Å². The number of Topliss-reactive ketones (excluding diaryl/α,β-unsaturated/α-hetero) is 1. The number of benzene rings is 2. The first-order valence-corrected chi connectivity index (χ1v) is 12.6. The van der Waals surface area contributed by atoms with E-state index in [0.717, 1.165) is 33.4 Å². The summed E-state index contributed by atoms with van der Waals surface area (Å²) < 4.78 is 17.3. The average molecular weight is 540 g/mol. The highest BCUT2D eigenvalue weighted by Gasteiger charge is 2.41. The number of carbonyl (C=O) groups is 2. The first-order chi connectivity index (χ1) is 16.9. The quantitative estimate of drug-likeness (QED) is 0.449. The molecule has 2 aromatic carbocycles. The molecule has 1 aliphatic heterocycles. The Hall–Kier alpha value is -3.06. The van der Waals surface area contributed by atoms with Crippen LogP contribution in [0.4, 0.5) is 0 Å². The molecule has 0 amide bonds. The molecule has 0 aromatic heterocycles. The van der Waals surface area contributed by atoms with Gasteiger partial charge in [-0.3, -0.25) is 4.79 Å². The van der Waals surface area contributed by atoms with Gasteiger partial charge in [-0.15, -0.1) is 0 Å². The minimum Gasteiger partial charge on any atom is -0.493 e. The van der Waals surface area contributed by atoms with Crippen molar-refractivity contribution in [2.24, 2.45) is 0 Å². The number of dihydropyridines is 1. The minimum atomic E-state index is -0.480. The normalized spacial score (nSPS) is 19.7. The smallest absolute Gasteiger partial charge is 0.336 e. The number of halogens is 1. The van der Waals surface area contributed by atoms with Crippen molar-refractivity contribution in [3.63, 3.8) is 0 Å². The van der Waals surface area contributed by atoms with Gasteiger partial charge in [0.05, 0.1) is 26.4 Å². The molecule has 6 nitrogen and oxygen atoms in total. The predicted molar refractivity (Wildman–Crippen MR) is 138 cm³/mol. The summed E-state index contributed by atoms with van der Waals surface area (Å²) in [5.41, 5.74) is 4.61. The Bertz CT molecular complexity index is 1220. The van der Waals surface area contributed by atoms with Crippen LogP contribution in [0.1, 0.15) is 56.1 Å². The predicted octanol–water partition coefficient (Wildman–Crippen LogP) is 5.78. The summed E-state index contributed by atoms with van der Waals surface area (Å²) in [5, 5.41) is 3.39.